The lowest BCUT2D eigenvalue weighted by Crippen LogP contribution is -2.18. The summed E-state index contributed by atoms with van der Waals surface area (Å²) < 4.78 is 51.7. The van der Waals surface area contributed by atoms with Crippen LogP contribution in [0.5, 0.6) is 11.5 Å². The largest absolute Gasteiger partial charge is 0.459 e. The Hall–Kier alpha value is -4.53. The average molecular weight is 466 g/mol. The van der Waals surface area contributed by atoms with E-state index in [1.807, 2.05) is 6.07 Å². The van der Waals surface area contributed by atoms with Gasteiger partial charge in [-0.05, 0) is 60.7 Å². The summed E-state index contributed by atoms with van der Waals surface area (Å²) in [5, 5.41) is 4.62. The molecule has 9 heteroatoms. The van der Waals surface area contributed by atoms with Gasteiger partial charge in [-0.2, -0.15) is 13.2 Å². The Morgan fingerprint density at radius 3 is 2.24 bits per heavy atom. The number of ether oxygens (including phenoxy) is 1. The van der Waals surface area contributed by atoms with E-state index < -0.39 is 29.2 Å². The zero-order valence-corrected chi connectivity index (χ0v) is 17.4. The fraction of sp³-hybridized carbons (Fsp3) is 0.0400. The van der Waals surface area contributed by atoms with Gasteiger partial charge in [-0.15, -0.1) is 0 Å². The molecule has 2 amide bonds. The van der Waals surface area contributed by atoms with Crippen LogP contribution in [0.3, 0.4) is 0 Å². The number of para-hydroxylation sites is 1. The third kappa shape index (κ3) is 5.44. The fourth-order valence-electron chi connectivity index (χ4n) is 3.09. The van der Waals surface area contributed by atoms with Gasteiger partial charge in [0.25, 0.3) is 11.8 Å². The Morgan fingerprint density at radius 1 is 0.765 bits per heavy atom. The van der Waals surface area contributed by atoms with Crippen molar-refractivity contribution in [2.75, 3.05) is 10.6 Å². The van der Waals surface area contributed by atoms with Gasteiger partial charge in [0.1, 0.15) is 11.5 Å². The highest BCUT2D eigenvalue weighted by molar-refractivity contribution is 6.05. The van der Waals surface area contributed by atoms with Crippen LogP contribution in [0.2, 0.25) is 0 Å². The van der Waals surface area contributed by atoms with Crippen LogP contribution in [-0.2, 0) is 6.18 Å². The molecular weight excluding hydrogens is 449 g/mol. The van der Waals surface area contributed by atoms with Crippen LogP contribution < -0.4 is 15.4 Å². The molecule has 0 radical (unpaired) electrons. The number of hydrogen-bond donors (Lipinski definition) is 2. The van der Waals surface area contributed by atoms with Crippen molar-refractivity contribution in [1.29, 1.82) is 0 Å². The lowest BCUT2D eigenvalue weighted by molar-refractivity contribution is -0.136. The molecule has 0 unspecified atom stereocenters. The van der Waals surface area contributed by atoms with Crippen molar-refractivity contribution in [2.24, 2.45) is 0 Å². The Balaban J connectivity index is 1.54. The summed E-state index contributed by atoms with van der Waals surface area (Å²) in [6.45, 7) is 0. The van der Waals surface area contributed by atoms with Crippen LogP contribution in [0.25, 0.3) is 0 Å². The predicted octanol–water partition coefficient (Wildman–Crippen LogP) is 6.60. The minimum absolute atomic E-state index is 0.0523. The lowest BCUT2D eigenvalue weighted by atomic mass is 10.1. The standard InChI is InChI=1S/C25H17F3N2O4/c26-25(27,28)20-15-17(29-24(32)22-10-5-13-33-22)11-12-21(20)30-23(31)16-6-4-9-19(14-16)34-18-7-2-1-3-8-18/h1-15H,(H,29,32)(H,30,31). The maximum Gasteiger partial charge on any atom is 0.418 e. The van der Waals surface area contributed by atoms with Crippen molar-refractivity contribution in [3.05, 3.63) is 108 Å². The molecule has 4 aromatic rings. The third-order valence-corrected chi connectivity index (χ3v) is 4.65. The molecule has 0 aliphatic heterocycles. The van der Waals surface area contributed by atoms with Crippen molar-refractivity contribution in [2.45, 2.75) is 6.18 Å². The topological polar surface area (TPSA) is 80.6 Å². The molecule has 0 aliphatic rings. The van der Waals surface area contributed by atoms with Gasteiger partial charge in [-0.3, -0.25) is 9.59 Å². The number of hydrogen-bond acceptors (Lipinski definition) is 4. The Bertz CT molecular complexity index is 1300. The second kappa shape index (κ2) is 9.53. The van der Waals surface area contributed by atoms with Gasteiger partial charge in [-0.25, -0.2) is 0 Å². The summed E-state index contributed by atoms with van der Waals surface area (Å²) >= 11 is 0. The first kappa shape index (κ1) is 22.7. The number of nitrogens with one attached hydrogen (secondary N) is 2. The van der Waals surface area contributed by atoms with Gasteiger partial charge in [-0.1, -0.05) is 24.3 Å². The quantitative estimate of drug-likeness (QED) is 0.336. The number of furan rings is 1. The van der Waals surface area contributed by atoms with Crippen LogP contribution in [0.1, 0.15) is 26.5 Å². The van der Waals surface area contributed by atoms with E-state index in [4.69, 9.17) is 9.15 Å². The van der Waals surface area contributed by atoms with Crippen molar-refractivity contribution in [3.63, 3.8) is 0 Å². The van der Waals surface area contributed by atoms with Gasteiger partial charge in [0.15, 0.2) is 5.76 Å². The molecule has 34 heavy (non-hydrogen) atoms. The molecule has 0 fully saturated rings. The van der Waals surface area contributed by atoms with Crippen molar-refractivity contribution < 1.29 is 31.9 Å². The summed E-state index contributed by atoms with van der Waals surface area (Å²) in [5.74, 6) is -0.609. The van der Waals surface area contributed by atoms with E-state index >= 15 is 0 Å². The Morgan fingerprint density at radius 2 is 1.53 bits per heavy atom. The molecule has 172 valence electrons. The van der Waals surface area contributed by atoms with E-state index in [1.165, 1.54) is 36.6 Å². The molecule has 0 aliphatic carbocycles. The first-order valence-corrected chi connectivity index (χ1v) is 10.00. The molecule has 3 aromatic carbocycles. The molecule has 2 N–H and O–H groups in total. The average Bonchev–Trinajstić information content (AvgIpc) is 3.35. The number of rotatable bonds is 6. The van der Waals surface area contributed by atoms with Crippen molar-refractivity contribution >= 4 is 23.2 Å². The summed E-state index contributed by atoms with van der Waals surface area (Å²) in [4.78, 5) is 24.8. The predicted molar refractivity (Wildman–Crippen MR) is 119 cm³/mol. The molecule has 1 heterocycles. The molecule has 6 nitrogen and oxygen atoms in total. The van der Waals surface area contributed by atoms with E-state index in [1.54, 1.807) is 36.4 Å². The molecule has 0 bridgehead atoms. The molecule has 0 atom stereocenters. The summed E-state index contributed by atoms with van der Waals surface area (Å²) in [6.07, 6.45) is -3.51. The first-order valence-electron chi connectivity index (χ1n) is 10.00. The number of anilines is 2. The van der Waals surface area contributed by atoms with E-state index in [0.717, 1.165) is 12.1 Å². The maximum atomic E-state index is 13.7. The van der Waals surface area contributed by atoms with E-state index in [2.05, 4.69) is 10.6 Å². The number of amides is 2. The van der Waals surface area contributed by atoms with Gasteiger partial charge in [0, 0.05) is 11.3 Å². The number of alkyl halides is 3. The van der Waals surface area contributed by atoms with E-state index in [9.17, 15) is 22.8 Å². The summed E-state index contributed by atoms with van der Waals surface area (Å²) in [6, 6.07) is 20.8. The summed E-state index contributed by atoms with van der Waals surface area (Å²) in [7, 11) is 0. The second-order valence-corrected chi connectivity index (χ2v) is 7.09. The number of carbonyl (C=O) groups is 2. The lowest BCUT2D eigenvalue weighted by Gasteiger charge is -2.16. The van der Waals surface area contributed by atoms with Crippen LogP contribution in [-0.4, -0.2) is 11.8 Å². The van der Waals surface area contributed by atoms with Gasteiger partial charge >= 0.3 is 6.18 Å². The maximum absolute atomic E-state index is 13.7. The Labute approximate surface area is 192 Å². The zero-order valence-electron chi connectivity index (χ0n) is 17.4. The van der Waals surface area contributed by atoms with E-state index in [-0.39, 0.29) is 17.0 Å². The third-order valence-electron chi connectivity index (χ3n) is 4.65. The molecule has 0 saturated heterocycles. The van der Waals surface area contributed by atoms with Gasteiger partial charge < -0.3 is 19.8 Å². The Kier molecular flexibility index (Phi) is 6.35. The van der Waals surface area contributed by atoms with Gasteiger partial charge in [0.05, 0.1) is 17.5 Å². The normalized spacial score (nSPS) is 11.0. The van der Waals surface area contributed by atoms with E-state index in [0.29, 0.717) is 11.5 Å². The monoisotopic (exact) mass is 466 g/mol. The zero-order chi connectivity index (χ0) is 24.1. The first-order chi connectivity index (χ1) is 16.3. The highest BCUT2D eigenvalue weighted by Crippen LogP contribution is 2.37. The highest BCUT2D eigenvalue weighted by atomic mass is 19.4. The molecular formula is C25H17F3N2O4. The van der Waals surface area contributed by atoms with Crippen molar-refractivity contribution in [1.82, 2.24) is 0 Å². The minimum atomic E-state index is -4.79. The van der Waals surface area contributed by atoms with Crippen LogP contribution in [0.4, 0.5) is 24.5 Å². The highest BCUT2D eigenvalue weighted by Gasteiger charge is 2.34. The smallest absolute Gasteiger partial charge is 0.418 e. The summed E-state index contributed by atoms with van der Waals surface area (Å²) in [5.41, 5.74) is -1.57. The van der Waals surface area contributed by atoms with Crippen LogP contribution >= 0.6 is 0 Å². The molecule has 0 saturated carbocycles. The second-order valence-electron chi connectivity index (χ2n) is 7.09. The SMILES string of the molecule is O=C(Nc1ccc(NC(=O)c2ccco2)cc1C(F)(F)F)c1cccc(Oc2ccccc2)c1. The van der Waals surface area contributed by atoms with Gasteiger partial charge in [0.2, 0.25) is 0 Å². The molecule has 0 spiro atoms. The minimum Gasteiger partial charge on any atom is -0.459 e. The fourth-order valence-corrected chi connectivity index (χ4v) is 3.09. The number of carbonyl (C=O) groups excluding carboxylic acids is 2. The van der Waals surface area contributed by atoms with Crippen molar-refractivity contribution in [3.8, 4) is 11.5 Å². The number of benzene rings is 3. The van der Waals surface area contributed by atoms with Crippen LogP contribution in [0, 0.1) is 0 Å². The molecule has 1 aromatic heterocycles. The number of halogens is 3. The molecule has 4 rings (SSSR count). The van der Waals surface area contributed by atoms with Crippen LogP contribution in [0.15, 0.2) is 95.6 Å².